The van der Waals surface area contributed by atoms with Gasteiger partial charge in [0.05, 0.1) is 22.4 Å². The van der Waals surface area contributed by atoms with Crippen LogP contribution < -0.4 is 11.3 Å². The molecular formula is C28H39ClN4O2. The molecule has 0 spiro atoms. The Labute approximate surface area is 213 Å². The molecule has 35 heavy (non-hydrogen) atoms. The molecular weight excluding hydrogens is 460 g/mol. The molecule has 4 aliphatic carbocycles. The van der Waals surface area contributed by atoms with E-state index >= 15 is 0 Å². The second kappa shape index (κ2) is 9.85. The van der Waals surface area contributed by atoms with Crippen molar-refractivity contribution < 1.29 is 4.79 Å². The molecule has 1 heterocycles. The van der Waals surface area contributed by atoms with Crippen LogP contribution >= 0.6 is 11.6 Å². The van der Waals surface area contributed by atoms with E-state index in [9.17, 15) is 9.59 Å². The highest BCUT2D eigenvalue weighted by Gasteiger charge is 2.56. The Hall–Kier alpha value is -1.92. The Balaban J connectivity index is 1.48. The predicted octanol–water partition coefficient (Wildman–Crippen LogP) is 5.21. The fourth-order valence-corrected chi connectivity index (χ4v) is 7.87. The van der Waals surface area contributed by atoms with Crippen molar-refractivity contribution in [3.05, 3.63) is 39.4 Å². The molecule has 0 aliphatic heterocycles. The molecule has 2 N–H and O–H groups in total. The average molecular weight is 499 g/mol. The number of unbranched alkanes of at least 4 members (excludes halogenated alkanes) is 3. The molecule has 1 atom stereocenters. The number of nitrogens with two attached hydrogens (primary N) is 1. The number of rotatable bonds is 9. The Morgan fingerprint density at radius 1 is 1.14 bits per heavy atom. The number of hydrogen-bond donors (Lipinski definition) is 1. The van der Waals surface area contributed by atoms with Crippen molar-refractivity contribution in [2.24, 2.45) is 36.0 Å². The first kappa shape index (κ1) is 24.8. The van der Waals surface area contributed by atoms with Crippen LogP contribution in [0.4, 0.5) is 0 Å². The molecule has 1 unspecified atom stereocenters. The molecule has 4 aliphatic rings. The summed E-state index contributed by atoms with van der Waals surface area (Å²) in [6.07, 6.45) is 11.1. The largest absolute Gasteiger partial charge is 0.332 e. The summed E-state index contributed by atoms with van der Waals surface area (Å²) >= 11 is 6.22. The lowest BCUT2D eigenvalue weighted by Gasteiger charge is -2.57. The summed E-state index contributed by atoms with van der Waals surface area (Å²) in [7, 11) is 1.77. The van der Waals surface area contributed by atoms with E-state index in [1.807, 2.05) is 6.92 Å². The van der Waals surface area contributed by atoms with Crippen molar-refractivity contribution in [2.75, 3.05) is 13.1 Å². The number of nitrogens with zero attached hydrogens (tertiary/aromatic N) is 3. The molecule has 0 radical (unpaired) electrons. The van der Waals surface area contributed by atoms with Gasteiger partial charge >= 0.3 is 0 Å². The van der Waals surface area contributed by atoms with Crippen LogP contribution in [0, 0.1) is 23.2 Å². The van der Waals surface area contributed by atoms with Gasteiger partial charge in [0.15, 0.2) is 0 Å². The van der Waals surface area contributed by atoms with Crippen molar-refractivity contribution in [1.29, 1.82) is 0 Å². The van der Waals surface area contributed by atoms with Gasteiger partial charge in [-0.1, -0.05) is 24.4 Å². The summed E-state index contributed by atoms with van der Waals surface area (Å²) in [5, 5.41) is 1.10. The van der Waals surface area contributed by atoms with Crippen LogP contribution in [0.5, 0.6) is 0 Å². The first-order chi connectivity index (χ1) is 16.8. The minimum atomic E-state index is -0.286. The van der Waals surface area contributed by atoms with Gasteiger partial charge in [0.2, 0.25) is 5.91 Å². The monoisotopic (exact) mass is 498 g/mol. The highest BCUT2D eigenvalue weighted by atomic mass is 35.5. The molecule has 0 saturated heterocycles. The molecule has 4 fully saturated rings. The van der Waals surface area contributed by atoms with Crippen LogP contribution in [-0.2, 0) is 11.8 Å². The molecule has 6 rings (SSSR count). The first-order valence-electron chi connectivity index (χ1n) is 13.5. The quantitative estimate of drug-likeness (QED) is 0.481. The number of carbonyl (C=O) groups is 1. The number of hydrogen-bond acceptors (Lipinski definition) is 4. The smallest absolute Gasteiger partial charge is 0.261 e. The van der Waals surface area contributed by atoms with E-state index < -0.39 is 0 Å². The number of amides is 1. The first-order valence-corrected chi connectivity index (χ1v) is 13.9. The van der Waals surface area contributed by atoms with Gasteiger partial charge in [-0.05, 0) is 101 Å². The Morgan fingerprint density at radius 3 is 2.40 bits per heavy atom. The van der Waals surface area contributed by atoms with Crippen LogP contribution in [0.1, 0.15) is 83.0 Å². The third kappa shape index (κ3) is 4.64. The Kier molecular flexibility index (Phi) is 6.97. The van der Waals surface area contributed by atoms with Crippen molar-refractivity contribution in [2.45, 2.75) is 77.2 Å². The topological polar surface area (TPSA) is 81.2 Å². The highest BCUT2D eigenvalue weighted by Crippen LogP contribution is 2.60. The average Bonchev–Trinajstić information content (AvgIpc) is 2.82. The van der Waals surface area contributed by atoms with E-state index in [2.05, 4.69) is 4.90 Å². The van der Waals surface area contributed by atoms with Gasteiger partial charge in [-0.2, -0.15) is 0 Å². The maximum absolute atomic E-state index is 14.4. The van der Waals surface area contributed by atoms with Crippen molar-refractivity contribution in [3.63, 3.8) is 0 Å². The van der Waals surface area contributed by atoms with E-state index in [0.29, 0.717) is 58.5 Å². The van der Waals surface area contributed by atoms with Crippen LogP contribution in [-0.4, -0.2) is 33.4 Å². The molecule has 190 valence electrons. The fourth-order valence-electron chi connectivity index (χ4n) is 7.70. The molecule has 1 aromatic heterocycles. The number of benzene rings is 1. The predicted molar refractivity (Wildman–Crippen MR) is 140 cm³/mol. The SMILES string of the molecule is CC(c1nc2cc(Cl)ccc2c(=O)n1C)N(CCCCCCN)C(=O)C12CC3CC(CC(C3)C1)C2. The standard InChI is InChI=1S/C28H39ClN4O2/c1-18(25-31-24-14-22(29)7-8-23(24)26(34)32(25)2)33(10-6-4-3-5-9-30)27(35)28-15-19-11-20(16-28)13-21(12-19)17-28/h7-8,14,18-21H,3-6,9-13,15-17,30H2,1-2H3. The van der Waals surface area contributed by atoms with Gasteiger partial charge in [0.1, 0.15) is 5.82 Å². The summed E-state index contributed by atoms with van der Waals surface area (Å²) in [4.78, 5) is 34.5. The summed E-state index contributed by atoms with van der Waals surface area (Å²) in [5.74, 6) is 3.04. The van der Waals surface area contributed by atoms with Gasteiger partial charge < -0.3 is 10.6 Å². The van der Waals surface area contributed by atoms with Gasteiger partial charge in [-0.15, -0.1) is 0 Å². The molecule has 1 amide bonds. The van der Waals surface area contributed by atoms with E-state index in [1.54, 1.807) is 29.8 Å². The van der Waals surface area contributed by atoms with Crippen molar-refractivity contribution in [3.8, 4) is 0 Å². The summed E-state index contributed by atoms with van der Waals surface area (Å²) < 4.78 is 1.62. The second-order valence-electron chi connectivity index (χ2n) is 11.6. The number of halogens is 1. The van der Waals surface area contributed by atoms with Gasteiger partial charge in [-0.25, -0.2) is 4.98 Å². The zero-order valence-electron chi connectivity index (χ0n) is 21.1. The lowest BCUT2D eigenvalue weighted by atomic mass is 9.49. The molecule has 7 heteroatoms. The van der Waals surface area contributed by atoms with Crippen LogP contribution in [0.2, 0.25) is 5.02 Å². The summed E-state index contributed by atoms with van der Waals surface area (Å²) in [5.41, 5.74) is 5.95. The van der Waals surface area contributed by atoms with Crippen molar-refractivity contribution >= 4 is 28.4 Å². The minimum absolute atomic E-state index is 0.0985. The van der Waals surface area contributed by atoms with E-state index in [0.717, 1.165) is 44.9 Å². The Bertz CT molecular complexity index is 1120. The van der Waals surface area contributed by atoms with E-state index in [1.165, 1.54) is 19.3 Å². The molecule has 4 saturated carbocycles. The Morgan fingerprint density at radius 2 is 1.77 bits per heavy atom. The molecule has 2 aromatic rings. The zero-order valence-corrected chi connectivity index (χ0v) is 21.9. The number of fused-ring (bicyclic) bond motifs is 1. The van der Waals surface area contributed by atoms with Gasteiger partial charge in [-0.3, -0.25) is 14.2 Å². The zero-order chi connectivity index (χ0) is 24.7. The van der Waals surface area contributed by atoms with E-state index in [4.69, 9.17) is 22.3 Å². The van der Waals surface area contributed by atoms with Crippen LogP contribution in [0.3, 0.4) is 0 Å². The lowest BCUT2D eigenvalue weighted by Crippen LogP contribution is -2.55. The van der Waals surface area contributed by atoms with Gasteiger partial charge in [0, 0.05) is 18.6 Å². The summed E-state index contributed by atoms with van der Waals surface area (Å²) in [6.45, 7) is 3.43. The summed E-state index contributed by atoms with van der Waals surface area (Å²) in [6, 6.07) is 4.91. The highest BCUT2D eigenvalue weighted by molar-refractivity contribution is 6.31. The fraction of sp³-hybridized carbons (Fsp3) is 0.679. The van der Waals surface area contributed by atoms with Crippen LogP contribution in [0.15, 0.2) is 23.0 Å². The second-order valence-corrected chi connectivity index (χ2v) is 12.0. The third-order valence-electron chi connectivity index (χ3n) is 9.02. The molecule has 4 bridgehead atoms. The normalized spacial score (nSPS) is 27.9. The van der Waals surface area contributed by atoms with Gasteiger partial charge in [0.25, 0.3) is 5.56 Å². The molecule has 6 nitrogen and oxygen atoms in total. The number of aromatic nitrogens is 2. The maximum atomic E-state index is 14.4. The molecule has 1 aromatic carbocycles. The van der Waals surface area contributed by atoms with Crippen molar-refractivity contribution in [1.82, 2.24) is 14.5 Å². The van der Waals surface area contributed by atoms with Crippen LogP contribution in [0.25, 0.3) is 10.9 Å². The number of carbonyl (C=O) groups excluding carboxylic acids is 1. The maximum Gasteiger partial charge on any atom is 0.261 e. The minimum Gasteiger partial charge on any atom is -0.332 e. The van der Waals surface area contributed by atoms with E-state index in [-0.39, 0.29) is 17.0 Å². The third-order valence-corrected chi connectivity index (χ3v) is 9.26. The lowest BCUT2D eigenvalue weighted by molar-refractivity contribution is -0.160.